The van der Waals surface area contributed by atoms with Crippen molar-refractivity contribution in [3.63, 3.8) is 0 Å². The van der Waals surface area contributed by atoms with Crippen LogP contribution < -0.4 is 24.4 Å². The summed E-state index contributed by atoms with van der Waals surface area (Å²) < 4.78 is 66.3. The zero-order valence-corrected chi connectivity index (χ0v) is 27.7. The van der Waals surface area contributed by atoms with Crippen LogP contribution in [-0.4, -0.2) is 44.8 Å². The second-order valence-corrected chi connectivity index (χ2v) is 13.0. The maximum absolute atomic E-state index is 14.7. The second kappa shape index (κ2) is 16.3. The summed E-state index contributed by atoms with van der Waals surface area (Å²) >= 11 is 6.23. The maximum Gasteiger partial charge on any atom is 0.303 e. The number of aliphatic carboxylic acids is 1. The molecule has 0 fully saturated rings. The molecule has 0 unspecified atom stereocenters. The van der Waals surface area contributed by atoms with Crippen molar-refractivity contribution in [2.75, 3.05) is 29.0 Å². The first-order valence-electron chi connectivity index (χ1n) is 14.7. The zero-order chi connectivity index (χ0) is 34.8. The van der Waals surface area contributed by atoms with Crippen molar-refractivity contribution in [1.82, 2.24) is 5.32 Å². The number of hydrogen-bond acceptors (Lipinski definition) is 7. The highest BCUT2D eigenvalue weighted by atomic mass is 35.5. The van der Waals surface area contributed by atoms with E-state index in [-0.39, 0.29) is 49.0 Å². The van der Waals surface area contributed by atoms with Crippen LogP contribution in [-0.2, 0) is 32.7 Å². The molecule has 1 amide bonds. The highest BCUT2D eigenvalue weighted by Crippen LogP contribution is 2.33. The first-order valence-corrected chi connectivity index (χ1v) is 17.0. The lowest BCUT2D eigenvalue weighted by atomic mass is 10.1. The Labute approximate surface area is 282 Å². The molecule has 0 aromatic heterocycles. The molecule has 14 heteroatoms. The molecule has 0 heterocycles. The third kappa shape index (κ3) is 10.8. The van der Waals surface area contributed by atoms with Gasteiger partial charge in [0.25, 0.3) is 5.91 Å². The number of rotatable bonds is 16. The summed E-state index contributed by atoms with van der Waals surface area (Å²) in [5.74, 6) is -1.67. The van der Waals surface area contributed by atoms with Gasteiger partial charge in [-0.3, -0.25) is 14.3 Å². The molecule has 0 aliphatic rings. The van der Waals surface area contributed by atoms with Crippen LogP contribution in [0.25, 0.3) is 0 Å². The van der Waals surface area contributed by atoms with E-state index in [1.54, 1.807) is 49.4 Å². The zero-order valence-electron chi connectivity index (χ0n) is 26.1. The van der Waals surface area contributed by atoms with E-state index in [2.05, 4.69) is 10.0 Å². The van der Waals surface area contributed by atoms with Crippen LogP contribution in [0.4, 0.5) is 20.2 Å². The Kier molecular flexibility index (Phi) is 12.2. The largest absolute Gasteiger partial charge is 0.482 e. The summed E-state index contributed by atoms with van der Waals surface area (Å²) in [6, 6.07) is 20.3. The van der Waals surface area contributed by atoms with Crippen LogP contribution in [0, 0.1) is 18.6 Å². The number of carbonyl (C=O) groups is 2. The predicted molar refractivity (Wildman–Crippen MR) is 179 cm³/mol. The molecule has 4 aromatic carbocycles. The summed E-state index contributed by atoms with van der Waals surface area (Å²) in [7, 11) is -3.55. The molecule has 0 aliphatic heterocycles. The monoisotopic (exact) mass is 701 g/mol. The molecule has 4 aromatic rings. The number of anilines is 2. The first-order chi connectivity index (χ1) is 22.8. The van der Waals surface area contributed by atoms with Gasteiger partial charge in [0, 0.05) is 49.4 Å². The number of amides is 1. The molecule has 0 bridgehead atoms. The molecule has 10 nitrogen and oxygen atoms in total. The Bertz CT molecular complexity index is 1880. The molecule has 0 radical (unpaired) electrons. The Morgan fingerprint density at radius 2 is 1.69 bits per heavy atom. The van der Waals surface area contributed by atoms with Gasteiger partial charge in [-0.1, -0.05) is 35.9 Å². The third-order valence-electron chi connectivity index (χ3n) is 7.00. The second-order valence-electron chi connectivity index (χ2n) is 10.9. The van der Waals surface area contributed by atoms with Crippen LogP contribution >= 0.6 is 11.6 Å². The fourth-order valence-corrected chi connectivity index (χ4v) is 5.49. The average molecular weight is 702 g/mol. The predicted octanol–water partition coefficient (Wildman–Crippen LogP) is 6.66. The smallest absolute Gasteiger partial charge is 0.303 e. The van der Waals surface area contributed by atoms with Crippen LogP contribution in [0.3, 0.4) is 0 Å². The molecule has 0 atom stereocenters. The number of carbonyl (C=O) groups excluding carboxylic acids is 1. The van der Waals surface area contributed by atoms with Crippen molar-refractivity contribution in [3.8, 4) is 17.2 Å². The van der Waals surface area contributed by atoms with E-state index in [9.17, 15) is 26.8 Å². The number of nitrogens with zero attached hydrogens (tertiary/aromatic N) is 1. The normalized spacial score (nSPS) is 11.1. The standard InChI is InChI=1S/C34H34ClF2N3O7S/c1-22-30(39-48(2,44)45)5-3-6-31(22)40(20-24-10-11-25(36)17-29(24)37)19-23-8-12-26(13-9-23)47-27-14-15-28(35)32(18-27)46-21-33(41)38-16-4-7-34(42)43/h3,5-6,8-15,17-18,39H,4,7,16,19-21H2,1-2H3,(H,38,41)(H,42,43). The number of benzene rings is 4. The van der Waals surface area contributed by atoms with Crippen molar-refractivity contribution in [2.24, 2.45) is 0 Å². The lowest BCUT2D eigenvalue weighted by Gasteiger charge is -2.28. The molecule has 4 rings (SSSR count). The molecule has 0 aliphatic carbocycles. The Morgan fingerprint density at radius 1 is 0.958 bits per heavy atom. The Balaban J connectivity index is 1.48. The lowest BCUT2D eigenvalue weighted by Crippen LogP contribution is -2.30. The van der Waals surface area contributed by atoms with Crippen molar-refractivity contribution in [2.45, 2.75) is 32.9 Å². The molecule has 0 spiro atoms. The van der Waals surface area contributed by atoms with Gasteiger partial charge >= 0.3 is 5.97 Å². The van der Waals surface area contributed by atoms with Crippen LogP contribution in [0.1, 0.15) is 29.5 Å². The van der Waals surface area contributed by atoms with Gasteiger partial charge < -0.3 is 24.8 Å². The van der Waals surface area contributed by atoms with Gasteiger partial charge in [-0.05, 0) is 66.9 Å². The van der Waals surface area contributed by atoms with Crippen LogP contribution in [0.15, 0.2) is 78.9 Å². The van der Waals surface area contributed by atoms with Gasteiger partial charge in [-0.2, -0.15) is 0 Å². The fraction of sp³-hybridized carbons (Fsp3) is 0.235. The number of nitrogens with one attached hydrogen (secondary N) is 2. The molecule has 254 valence electrons. The van der Waals surface area contributed by atoms with Gasteiger partial charge in [0.15, 0.2) is 6.61 Å². The van der Waals surface area contributed by atoms with E-state index in [0.717, 1.165) is 17.9 Å². The van der Waals surface area contributed by atoms with Crippen molar-refractivity contribution < 1.29 is 41.4 Å². The molecule has 0 saturated carbocycles. The minimum Gasteiger partial charge on any atom is -0.482 e. The molecule has 48 heavy (non-hydrogen) atoms. The Hall–Kier alpha value is -4.88. The quantitative estimate of drug-likeness (QED) is 0.111. The highest BCUT2D eigenvalue weighted by molar-refractivity contribution is 7.92. The third-order valence-corrected chi connectivity index (χ3v) is 7.90. The van der Waals surface area contributed by atoms with E-state index in [1.165, 1.54) is 18.2 Å². The van der Waals surface area contributed by atoms with Gasteiger partial charge in [0.2, 0.25) is 10.0 Å². The van der Waals surface area contributed by atoms with Gasteiger partial charge in [-0.15, -0.1) is 0 Å². The van der Waals surface area contributed by atoms with E-state index >= 15 is 0 Å². The van der Waals surface area contributed by atoms with E-state index in [0.29, 0.717) is 34.9 Å². The van der Waals surface area contributed by atoms with E-state index < -0.39 is 33.5 Å². The van der Waals surface area contributed by atoms with Crippen LogP contribution in [0.5, 0.6) is 17.2 Å². The number of sulfonamides is 1. The molecular weight excluding hydrogens is 668 g/mol. The summed E-state index contributed by atoms with van der Waals surface area (Å²) in [6.07, 6.45) is 1.30. The van der Waals surface area contributed by atoms with Crippen molar-refractivity contribution in [3.05, 3.63) is 112 Å². The minimum absolute atomic E-state index is 0.0554. The molecule has 0 saturated heterocycles. The first kappa shape index (κ1) is 36.0. The number of carboxylic acids is 1. The van der Waals surface area contributed by atoms with Crippen molar-refractivity contribution in [1.29, 1.82) is 0 Å². The number of halogens is 3. The number of ether oxygens (including phenoxy) is 2. The summed E-state index contributed by atoms with van der Waals surface area (Å²) in [5, 5.41) is 11.5. The van der Waals surface area contributed by atoms with E-state index in [1.807, 2.05) is 17.0 Å². The number of hydrogen-bond donors (Lipinski definition) is 3. The summed E-state index contributed by atoms with van der Waals surface area (Å²) in [4.78, 5) is 24.5. The molecular formula is C34H34ClF2N3O7S. The lowest BCUT2D eigenvalue weighted by molar-refractivity contribution is -0.137. The average Bonchev–Trinajstić information content (AvgIpc) is 3.01. The fourth-order valence-electron chi connectivity index (χ4n) is 4.70. The summed E-state index contributed by atoms with van der Waals surface area (Å²) in [6.45, 7) is 2.00. The van der Waals surface area contributed by atoms with Crippen LogP contribution in [0.2, 0.25) is 5.02 Å². The SMILES string of the molecule is Cc1c(NS(C)(=O)=O)cccc1N(Cc1ccc(Oc2ccc(Cl)c(OCC(=O)NCCCC(=O)O)c2)cc1)Cc1ccc(F)cc1F. The topological polar surface area (TPSA) is 134 Å². The van der Waals surface area contributed by atoms with Gasteiger partial charge in [0.05, 0.1) is 17.0 Å². The Morgan fingerprint density at radius 3 is 2.38 bits per heavy atom. The summed E-state index contributed by atoms with van der Waals surface area (Å²) in [5.41, 5.74) is 2.73. The van der Waals surface area contributed by atoms with Gasteiger partial charge in [-0.25, -0.2) is 17.2 Å². The minimum atomic E-state index is -3.55. The number of carboxylic acid groups (broad SMARTS) is 1. The molecule has 3 N–H and O–H groups in total. The van der Waals surface area contributed by atoms with E-state index in [4.69, 9.17) is 26.2 Å². The van der Waals surface area contributed by atoms with Crippen molar-refractivity contribution >= 4 is 44.9 Å². The highest BCUT2D eigenvalue weighted by Gasteiger charge is 2.17. The van der Waals surface area contributed by atoms with Gasteiger partial charge in [0.1, 0.15) is 28.9 Å². The maximum atomic E-state index is 14.7.